The molecule has 2 N–H and O–H groups in total. The largest absolute Gasteiger partial charge is 0.507 e. The van der Waals surface area contributed by atoms with Gasteiger partial charge in [-0.25, -0.2) is 9.59 Å². The monoisotopic (exact) mass is 357 g/mol. The van der Waals surface area contributed by atoms with Crippen molar-refractivity contribution < 1.29 is 29.0 Å². The predicted octanol–water partition coefficient (Wildman–Crippen LogP) is 1.96. The summed E-state index contributed by atoms with van der Waals surface area (Å²) in [6.07, 6.45) is 0. The van der Waals surface area contributed by atoms with E-state index in [1.165, 1.54) is 13.2 Å². The average molecular weight is 357 g/mol. The van der Waals surface area contributed by atoms with Crippen LogP contribution in [0.15, 0.2) is 42.5 Å². The van der Waals surface area contributed by atoms with Crippen LogP contribution >= 0.6 is 0 Å². The van der Waals surface area contributed by atoms with Crippen LogP contribution in [0.25, 0.3) is 0 Å². The molecule has 0 atom stereocenters. The van der Waals surface area contributed by atoms with Gasteiger partial charge in [0, 0.05) is 6.54 Å². The standard InChI is InChI=1S/C19H19NO6/c1-12-4-3-5-15(17(12)22)19(24)26-11-16(21)20-10-13-6-8-14(9-7-13)18(23)25-2/h3-9,22H,10-11H2,1-2H3,(H,20,21). The molecule has 0 saturated heterocycles. The number of amides is 1. The number of aromatic hydroxyl groups is 1. The van der Waals surface area contributed by atoms with Gasteiger partial charge in [0.25, 0.3) is 5.91 Å². The summed E-state index contributed by atoms with van der Waals surface area (Å²) >= 11 is 0. The van der Waals surface area contributed by atoms with Crippen LogP contribution in [0.1, 0.15) is 31.8 Å². The molecule has 0 spiro atoms. The smallest absolute Gasteiger partial charge is 0.342 e. The number of aryl methyl sites for hydroxylation is 1. The van der Waals surface area contributed by atoms with E-state index < -0.39 is 24.5 Å². The van der Waals surface area contributed by atoms with Crippen LogP contribution in [0.5, 0.6) is 5.75 Å². The third-order valence-corrected chi connectivity index (χ3v) is 3.66. The van der Waals surface area contributed by atoms with Gasteiger partial charge in [0.1, 0.15) is 11.3 Å². The molecule has 0 aliphatic heterocycles. The van der Waals surface area contributed by atoms with Gasteiger partial charge >= 0.3 is 11.9 Å². The van der Waals surface area contributed by atoms with E-state index in [0.717, 1.165) is 5.56 Å². The summed E-state index contributed by atoms with van der Waals surface area (Å²) in [5.74, 6) is -1.86. The minimum Gasteiger partial charge on any atom is -0.507 e. The highest BCUT2D eigenvalue weighted by molar-refractivity contribution is 5.94. The number of ether oxygens (including phenoxy) is 2. The van der Waals surface area contributed by atoms with Gasteiger partial charge in [-0.2, -0.15) is 0 Å². The molecule has 0 radical (unpaired) electrons. The second kappa shape index (κ2) is 8.66. The van der Waals surface area contributed by atoms with E-state index in [1.54, 1.807) is 43.3 Å². The summed E-state index contributed by atoms with van der Waals surface area (Å²) in [4.78, 5) is 35.1. The molecule has 0 unspecified atom stereocenters. The minimum atomic E-state index is -0.774. The Morgan fingerprint density at radius 2 is 1.73 bits per heavy atom. The number of hydrogen-bond donors (Lipinski definition) is 2. The van der Waals surface area contributed by atoms with E-state index in [2.05, 4.69) is 10.1 Å². The Kier molecular flexibility index (Phi) is 6.32. The summed E-state index contributed by atoms with van der Waals surface area (Å²) < 4.78 is 9.51. The number of nitrogens with one attached hydrogen (secondary N) is 1. The predicted molar refractivity (Wildman–Crippen MR) is 92.8 cm³/mol. The number of carbonyl (C=O) groups is 3. The van der Waals surface area contributed by atoms with E-state index in [-0.39, 0.29) is 17.9 Å². The van der Waals surface area contributed by atoms with Gasteiger partial charge in [0.05, 0.1) is 12.7 Å². The molecule has 1 amide bonds. The van der Waals surface area contributed by atoms with Gasteiger partial charge in [-0.15, -0.1) is 0 Å². The summed E-state index contributed by atoms with van der Waals surface area (Å²) in [7, 11) is 1.30. The summed E-state index contributed by atoms with van der Waals surface area (Å²) in [6, 6.07) is 11.2. The lowest BCUT2D eigenvalue weighted by Gasteiger charge is -2.09. The highest BCUT2D eigenvalue weighted by Gasteiger charge is 2.15. The minimum absolute atomic E-state index is 0.0104. The second-order valence-corrected chi connectivity index (χ2v) is 5.51. The SMILES string of the molecule is COC(=O)c1ccc(CNC(=O)COC(=O)c2cccc(C)c2O)cc1. The molecule has 136 valence electrons. The van der Waals surface area contributed by atoms with Crippen molar-refractivity contribution in [2.24, 2.45) is 0 Å². The number of esters is 2. The van der Waals surface area contributed by atoms with Crippen molar-refractivity contribution in [2.75, 3.05) is 13.7 Å². The van der Waals surface area contributed by atoms with E-state index in [1.807, 2.05) is 0 Å². The summed E-state index contributed by atoms with van der Waals surface area (Å²) in [6.45, 7) is 1.41. The van der Waals surface area contributed by atoms with Crippen LogP contribution in [0.2, 0.25) is 0 Å². The Labute approximate surface area is 150 Å². The number of rotatable bonds is 6. The first-order valence-corrected chi connectivity index (χ1v) is 7.82. The molecule has 26 heavy (non-hydrogen) atoms. The van der Waals surface area contributed by atoms with Gasteiger partial charge in [0.2, 0.25) is 0 Å². The van der Waals surface area contributed by atoms with Crippen molar-refractivity contribution in [3.8, 4) is 5.75 Å². The maximum absolute atomic E-state index is 11.9. The first kappa shape index (κ1) is 19.0. The Balaban J connectivity index is 1.82. The summed E-state index contributed by atoms with van der Waals surface area (Å²) in [5, 5.41) is 12.4. The molecule has 7 nitrogen and oxygen atoms in total. The Morgan fingerprint density at radius 1 is 1.04 bits per heavy atom. The van der Waals surface area contributed by atoms with Crippen LogP contribution in [0.3, 0.4) is 0 Å². The van der Waals surface area contributed by atoms with Crippen molar-refractivity contribution >= 4 is 17.8 Å². The Morgan fingerprint density at radius 3 is 2.38 bits per heavy atom. The van der Waals surface area contributed by atoms with Crippen molar-refractivity contribution in [2.45, 2.75) is 13.5 Å². The molecule has 0 bridgehead atoms. The number of methoxy groups -OCH3 is 1. The maximum Gasteiger partial charge on any atom is 0.342 e. The molecule has 0 saturated carbocycles. The first-order valence-electron chi connectivity index (χ1n) is 7.82. The van der Waals surface area contributed by atoms with E-state index in [9.17, 15) is 19.5 Å². The van der Waals surface area contributed by atoms with Crippen molar-refractivity contribution in [1.29, 1.82) is 0 Å². The molecule has 0 heterocycles. The highest BCUT2D eigenvalue weighted by Crippen LogP contribution is 2.21. The van der Waals surface area contributed by atoms with Crippen molar-refractivity contribution in [3.63, 3.8) is 0 Å². The number of para-hydroxylation sites is 1. The molecule has 0 aliphatic rings. The number of carbonyl (C=O) groups excluding carboxylic acids is 3. The molecule has 2 aromatic carbocycles. The topological polar surface area (TPSA) is 102 Å². The molecular weight excluding hydrogens is 338 g/mol. The average Bonchev–Trinajstić information content (AvgIpc) is 2.66. The zero-order valence-corrected chi connectivity index (χ0v) is 14.4. The van der Waals surface area contributed by atoms with Gasteiger partial charge < -0.3 is 19.9 Å². The second-order valence-electron chi connectivity index (χ2n) is 5.51. The molecule has 2 aromatic rings. The fourth-order valence-corrected chi connectivity index (χ4v) is 2.16. The zero-order valence-electron chi connectivity index (χ0n) is 14.4. The van der Waals surface area contributed by atoms with Gasteiger partial charge in [0.15, 0.2) is 6.61 Å². The van der Waals surface area contributed by atoms with Crippen LogP contribution in [-0.4, -0.2) is 36.7 Å². The van der Waals surface area contributed by atoms with Crippen LogP contribution in [0, 0.1) is 6.92 Å². The van der Waals surface area contributed by atoms with Crippen LogP contribution < -0.4 is 5.32 Å². The molecular formula is C19H19NO6. The first-order chi connectivity index (χ1) is 12.4. The van der Waals surface area contributed by atoms with Crippen molar-refractivity contribution in [1.82, 2.24) is 5.32 Å². The fraction of sp³-hybridized carbons (Fsp3) is 0.211. The van der Waals surface area contributed by atoms with Crippen LogP contribution in [-0.2, 0) is 20.8 Å². The number of benzene rings is 2. The fourth-order valence-electron chi connectivity index (χ4n) is 2.16. The molecule has 2 rings (SSSR count). The number of phenolic OH excluding ortho intramolecular Hbond substituents is 1. The third kappa shape index (κ3) is 4.83. The number of phenols is 1. The lowest BCUT2D eigenvalue weighted by atomic mass is 10.1. The maximum atomic E-state index is 11.9. The summed E-state index contributed by atoms with van der Waals surface area (Å²) in [5.41, 5.74) is 1.73. The zero-order chi connectivity index (χ0) is 19.1. The molecule has 7 heteroatoms. The quantitative estimate of drug-likeness (QED) is 0.766. The number of hydrogen-bond acceptors (Lipinski definition) is 6. The lowest BCUT2D eigenvalue weighted by Crippen LogP contribution is -2.28. The Bertz CT molecular complexity index is 813. The molecule has 0 fully saturated rings. The highest BCUT2D eigenvalue weighted by atomic mass is 16.5. The van der Waals surface area contributed by atoms with E-state index in [4.69, 9.17) is 4.74 Å². The van der Waals surface area contributed by atoms with E-state index >= 15 is 0 Å². The van der Waals surface area contributed by atoms with Gasteiger partial charge in [-0.05, 0) is 36.2 Å². The van der Waals surface area contributed by atoms with Gasteiger partial charge in [-0.3, -0.25) is 4.79 Å². The molecule has 0 aromatic heterocycles. The Hall–Kier alpha value is -3.35. The lowest BCUT2D eigenvalue weighted by molar-refractivity contribution is -0.124. The normalized spacial score (nSPS) is 10.1. The molecule has 0 aliphatic carbocycles. The van der Waals surface area contributed by atoms with Crippen molar-refractivity contribution in [3.05, 3.63) is 64.7 Å². The third-order valence-electron chi connectivity index (χ3n) is 3.66. The van der Waals surface area contributed by atoms with Gasteiger partial charge in [-0.1, -0.05) is 24.3 Å². The van der Waals surface area contributed by atoms with E-state index in [0.29, 0.717) is 11.1 Å². The van der Waals surface area contributed by atoms with Crippen LogP contribution in [0.4, 0.5) is 0 Å².